The smallest absolute Gasteiger partial charge is 0.311 e. The summed E-state index contributed by atoms with van der Waals surface area (Å²) in [7, 11) is 0. The zero-order valence-electron chi connectivity index (χ0n) is 18.5. The Morgan fingerprint density at radius 3 is 2.58 bits per heavy atom. The summed E-state index contributed by atoms with van der Waals surface area (Å²) in [6.45, 7) is 1.79. The van der Waals surface area contributed by atoms with E-state index in [1.165, 1.54) is 0 Å². The van der Waals surface area contributed by atoms with Gasteiger partial charge < -0.3 is 24.4 Å². The van der Waals surface area contributed by atoms with Crippen LogP contribution in [0, 0.1) is 12.8 Å². The first-order valence-corrected chi connectivity index (χ1v) is 11.3. The molecule has 0 radical (unpaired) electrons. The van der Waals surface area contributed by atoms with Crippen molar-refractivity contribution < 1.29 is 28.6 Å². The van der Waals surface area contributed by atoms with Crippen LogP contribution in [0.1, 0.15) is 37.7 Å². The molecule has 33 heavy (non-hydrogen) atoms. The number of amides is 2. The highest BCUT2D eigenvalue weighted by molar-refractivity contribution is 6.00. The highest BCUT2D eigenvalue weighted by Crippen LogP contribution is 2.47. The molecule has 3 aliphatic rings. The molecule has 1 saturated heterocycles. The first-order valence-electron chi connectivity index (χ1n) is 11.3. The van der Waals surface area contributed by atoms with E-state index in [-0.39, 0.29) is 18.9 Å². The Kier molecular flexibility index (Phi) is 5.44. The average molecular weight is 450 g/mol. The number of aryl methyl sites for hydroxylation is 1. The van der Waals surface area contributed by atoms with Crippen LogP contribution in [0.3, 0.4) is 0 Å². The molecular weight excluding hydrogens is 424 g/mol. The first-order chi connectivity index (χ1) is 15.9. The largest absolute Gasteiger partial charge is 0.455 e. The summed E-state index contributed by atoms with van der Waals surface area (Å²) in [4.78, 5) is 38.7. The fraction of sp³-hybridized carbons (Fsp3) is 0.400. The molecule has 2 amide bonds. The highest BCUT2D eigenvalue weighted by Gasteiger charge is 2.44. The van der Waals surface area contributed by atoms with Crippen molar-refractivity contribution in [2.24, 2.45) is 5.92 Å². The number of hydrogen-bond acceptors (Lipinski definition) is 6. The van der Waals surface area contributed by atoms with Gasteiger partial charge in [-0.2, -0.15) is 0 Å². The maximum atomic E-state index is 12.5. The van der Waals surface area contributed by atoms with E-state index in [4.69, 9.17) is 14.2 Å². The zero-order chi connectivity index (χ0) is 23.0. The lowest BCUT2D eigenvalue weighted by Crippen LogP contribution is -2.34. The Morgan fingerprint density at radius 1 is 1.09 bits per heavy atom. The van der Waals surface area contributed by atoms with E-state index >= 15 is 0 Å². The molecule has 1 saturated carbocycles. The van der Waals surface area contributed by atoms with E-state index in [0.717, 1.165) is 36.9 Å². The number of rotatable bonds is 5. The van der Waals surface area contributed by atoms with Crippen molar-refractivity contribution in [1.29, 1.82) is 0 Å². The van der Waals surface area contributed by atoms with Gasteiger partial charge in [-0.15, -0.1) is 0 Å². The molecule has 2 heterocycles. The van der Waals surface area contributed by atoms with Gasteiger partial charge in [0.25, 0.3) is 11.7 Å². The van der Waals surface area contributed by atoms with Crippen molar-refractivity contribution in [2.45, 2.75) is 44.8 Å². The van der Waals surface area contributed by atoms with Crippen molar-refractivity contribution in [3.8, 4) is 11.5 Å². The van der Waals surface area contributed by atoms with Gasteiger partial charge in [0, 0.05) is 43.2 Å². The molecule has 2 aromatic rings. The molecular formula is C25H26N2O6. The third-order valence-corrected chi connectivity index (χ3v) is 6.33. The summed E-state index contributed by atoms with van der Waals surface area (Å²) < 4.78 is 17.2. The van der Waals surface area contributed by atoms with Gasteiger partial charge in [0.1, 0.15) is 0 Å². The molecule has 1 aliphatic carbocycles. The number of carbonyl (C=O) groups is 3. The van der Waals surface area contributed by atoms with Crippen LogP contribution in [0.15, 0.2) is 42.5 Å². The second-order valence-corrected chi connectivity index (χ2v) is 8.88. The lowest BCUT2D eigenvalue weighted by molar-refractivity contribution is -0.151. The molecule has 1 spiro atoms. The second kappa shape index (κ2) is 8.42. The lowest BCUT2D eigenvalue weighted by atomic mass is 10.1. The lowest BCUT2D eigenvalue weighted by Gasteiger charge is -2.21. The number of fused-ring (bicyclic) bond motifs is 1. The zero-order valence-corrected chi connectivity index (χ0v) is 18.5. The molecule has 2 fully saturated rings. The van der Waals surface area contributed by atoms with E-state index in [1.54, 1.807) is 23.1 Å². The average Bonchev–Trinajstić information content (AvgIpc) is 3.51. The van der Waals surface area contributed by atoms with E-state index in [0.29, 0.717) is 17.2 Å². The van der Waals surface area contributed by atoms with Gasteiger partial charge in [0.2, 0.25) is 5.91 Å². The van der Waals surface area contributed by atoms with Crippen molar-refractivity contribution in [3.63, 3.8) is 0 Å². The van der Waals surface area contributed by atoms with Gasteiger partial charge >= 0.3 is 5.97 Å². The molecule has 1 atom stereocenters. The fourth-order valence-electron chi connectivity index (χ4n) is 4.58. The summed E-state index contributed by atoms with van der Waals surface area (Å²) in [5.74, 6) is -1.03. The van der Waals surface area contributed by atoms with E-state index in [2.05, 4.69) is 5.32 Å². The van der Waals surface area contributed by atoms with Crippen LogP contribution in [-0.2, 0) is 19.1 Å². The third kappa shape index (κ3) is 4.37. The molecule has 0 bridgehead atoms. The fourth-order valence-corrected chi connectivity index (χ4v) is 4.58. The maximum absolute atomic E-state index is 12.5. The van der Waals surface area contributed by atoms with E-state index < -0.39 is 30.2 Å². The predicted octanol–water partition coefficient (Wildman–Crippen LogP) is 3.57. The minimum atomic E-state index is -0.597. The van der Waals surface area contributed by atoms with E-state index in [9.17, 15) is 14.4 Å². The Morgan fingerprint density at radius 2 is 1.82 bits per heavy atom. The number of benzene rings is 2. The SMILES string of the molecule is Cc1ccc(N2CC(C(=O)OCC(=O)Nc3ccc4c(c3)OC3(CCCC3)O4)CC2=O)cc1. The number of nitrogens with one attached hydrogen (secondary N) is 1. The number of esters is 1. The van der Waals surface area contributed by atoms with Crippen LogP contribution in [0.5, 0.6) is 11.5 Å². The van der Waals surface area contributed by atoms with Crippen LogP contribution in [0.2, 0.25) is 0 Å². The predicted molar refractivity (Wildman–Crippen MR) is 120 cm³/mol. The van der Waals surface area contributed by atoms with Crippen molar-refractivity contribution in [2.75, 3.05) is 23.4 Å². The molecule has 8 heteroatoms. The summed E-state index contributed by atoms with van der Waals surface area (Å²) in [5, 5.41) is 2.72. The number of ether oxygens (including phenoxy) is 3. The van der Waals surface area contributed by atoms with Crippen LogP contribution in [-0.4, -0.2) is 36.7 Å². The summed E-state index contributed by atoms with van der Waals surface area (Å²) in [6.07, 6.45) is 3.91. The Bertz CT molecular complexity index is 1090. The number of carbonyl (C=O) groups excluding carboxylic acids is 3. The highest BCUT2D eigenvalue weighted by atomic mass is 16.7. The van der Waals surface area contributed by atoms with Crippen LogP contribution < -0.4 is 19.7 Å². The Hall–Kier alpha value is -3.55. The Labute approximate surface area is 191 Å². The summed E-state index contributed by atoms with van der Waals surface area (Å²) >= 11 is 0. The second-order valence-electron chi connectivity index (χ2n) is 8.88. The molecule has 2 aromatic carbocycles. The topological polar surface area (TPSA) is 94.2 Å². The summed E-state index contributed by atoms with van der Waals surface area (Å²) in [5.41, 5.74) is 2.38. The number of nitrogens with zero attached hydrogens (tertiary/aromatic N) is 1. The minimum Gasteiger partial charge on any atom is -0.455 e. The van der Waals surface area contributed by atoms with Gasteiger partial charge in [-0.1, -0.05) is 17.7 Å². The molecule has 5 rings (SSSR count). The third-order valence-electron chi connectivity index (χ3n) is 6.33. The van der Waals surface area contributed by atoms with Crippen LogP contribution in [0.4, 0.5) is 11.4 Å². The standard InChI is InChI=1S/C25H26N2O6/c1-16-4-7-19(8-5-16)27-14-17(12-23(27)29)24(30)31-15-22(28)26-18-6-9-20-21(13-18)33-25(32-20)10-2-3-11-25/h4-9,13,17H,2-3,10-12,14-15H2,1H3,(H,26,28). The number of anilines is 2. The van der Waals surface area contributed by atoms with Gasteiger partial charge in [0.05, 0.1) is 5.92 Å². The molecule has 1 unspecified atom stereocenters. The van der Waals surface area contributed by atoms with Crippen molar-refractivity contribution in [1.82, 2.24) is 0 Å². The van der Waals surface area contributed by atoms with Gasteiger partial charge in [-0.25, -0.2) is 0 Å². The molecule has 8 nitrogen and oxygen atoms in total. The number of hydrogen-bond donors (Lipinski definition) is 1. The van der Waals surface area contributed by atoms with Gasteiger partial charge in [-0.05, 0) is 44.0 Å². The minimum absolute atomic E-state index is 0.0677. The van der Waals surface area contributed by atoms with Crippen LogP contribution in [0.25, 0.3) is 0 Å². The van der Waals surface area contributed by atoms with Gasteiger partial charge in [-0.3, -0.25) is 14.4 Å². The van der Waals surface area contributed by atoms with Crippen LogP contribution >= 0.6 is 0 Å². The monoisotopic (exact) mass is 450 g/mol. The molecule has 172 valence electrons. The normalized spacial score (nSPS) is 20.3. The molecule has 0 aromatic heterocycles. The van der Waals surface area contributed by atoms with E-state index in [1.807, 2.05) is 31.2 Å². The maximum Gasteiger partial charge on any atom is 0.311 e. The first kappa shape index (κ1) is 21.3. The quantitative estimate of drug-likeness (QED) is 0.700. The van der Waals surface area contributed by atoms with Crippen molar-refractivity contribution >= 4 is 29.2 Å². The van der Waals surface area contributed by atoms with Crippen molar-refractivity contribution in [3.05, 3.63) is 48.0 Å². The Balaban J connectivity index is 1.13. The molecule has 2 aliphatic heterocycles. The molecule has 1 N–H and O–H groups in total. The van der Waals surface area contributed by atoms with Gasteiger partial charge in [0.15, 0.2) is 18.1 Å². The summed E-state index contributed by atoms with van der Waals surface area (Å²) in [6, 6.07) is 12.8.